The Balaban J connectivity index is 1.93. The van der Waals surface area contributed by atoms with Crippen molar-refractivity contribution in [3.05, 3.63) is 70.7 Å². The lowest BCUT2D eigenvalue weighted by Gasteiger charge is -2.09. The van der Waals surface area contributed by atoms with Crippen LogP contribution >= 0.6 is 11.8 Å². The van der Waals surface area contributed by atoms with Crippen molar-refractivity contribution in [3.63, 3.8) is 0 Å². The van der Waals surface area contributed by atoms with E-state index >= 15 is 0 Å². The first-order valence-electron chi connectivity index (χ1n) is 6.89. The second-order valence-corrected chi connectivity index (χ2v) is 5.96. The summed E-state index contributed by atoms with van der Waals surface area (Å²) in [7, 11) is 0. The molecule has 2 heterocycles. The third-order valence-electron chi connectivity index (χ3n) is 3.19. The van der Waals surface area contributed by atoms with Gasteiger partial charge in [-0.15, -0.1) is 0 Å². The summed E-state index contributed by atoms with van der Waals surface area (Å²) in [6.45, 7) is 0. The van der Waals surface area contributed by atoms with Gasteiger partial charge in [0, 0.05) is 29.0 Å². The molecule has 4 nitrogen and oxygen atoms in total. The van der Waals surface area contributed by atoms with Gasteiger partial charge < -0.3 is 4.98 Å². The van der Waals surface area contributed by atoms with Crippen LogP contribution in [-0.2, 0) is 6.18 Å². The van der Waals surface area contributed by atoms with E-state index in [-0.39, 0.29) is 0 Å². The highest BCUT2D eigenvalue weighted by atomic mass is 32.2. The van der Waals surface area contributed by atoms with Crippen LogP contribution in [0.1, 0.15) is 5.56 Å². The van der Waals surface area contributed by atoms with E-state index in [1.807, 2.05) is 0 Å². The summed E-state index contributed by atoms with van der Waals surface area (Å²) < 4.78 is 51.3. The fourth-order valence-electron chi connectivity index (χ4n) is 2.01. The molecule has 0 aliphatic heterocycles. The van der Waals surface area contributed by atoms with Crippen LogP contribution in [0.4, 0.5) is 17.6 Å². The molecule has 0 saturated heterocycles. The van der Waals surface area contributed by atoms with Crippen molar-refractivity contribution in [2.75, 3.05) is 0 Å². The number of pyridine rings is 1. The fraction of sp³-hybridized carbons (Fsp3) is 0.0625. The van der Waals surface area contributed by atoms with Gasteiger partial charge in [-0.05, 0) is 30.3 Å². The Labute approximate surface area is 143 Å². The van der Waals surface area contributed by atoms with Crippen molar-refractivity contribution in [1.29, 1.82) is 0 Å². The molecule has 0 aliphatic carbocycles. The smallest absolute Gasteiger partial charge is 0.326 e. The number of hydrogen-bond acceptors (Lipinski definition) is 4. The van der Waals surface area contributed by atoms with Gasteiger partial charge in [0.1, 0.15) is 10.7 Å². The Morgan fingerprint density at radius 1 is 1.04 bits per heavy atom. The van der Waals surface area contributed by atoms with Crippen LogP contribution in [0.15, 0.2) is 63.6 Å². The largest absolute Gasteiger partial charge is 0.416 e. The number of benzene rings is 1. The van der Waals surface area contributed by atoms with Gasteiger partial charge in [-0.1, -0.05) is 11.8 Å². The minimum absolute atomic E-state index is 0.305. The maximum absolute atomic E-state index is 13.5. The molecule has 2 aromatic heterocycles. The number of rotatable bonds is 3. The molecule has 0 amide bonds. The minimum atomic E-state index is -4.41. The van der Waals surface area contributed by atoms with Crippen molar-refractivity contribution in [2.24, 2.45) is 0 Å². The first kappa shape index (κ1) is 17.2. The van der Waals surface area contributed by atoms with E-state index in [4.69, 9.17) is 0 Å². The Bertz CT molecular complexity index is 955. The average Bonchev–Trinajstić information content (AvgIpc) is 2.58. The van der Waals surface area contributed by atoms with Crippen LogP contribution in [0.25, 0.3) is 11.3 Å². The summed E-state index contributed by atoms with van der Waals surface area (Å²) >= 11 is 1.08. The number of aromatic amines is 1. The first-order valence-corrected chi connectivity index (χ1v) is 7.71. The lowest BCUT2D eigenvalue weighted by molar-refractivity contribution is -0.137. The molecule has 1 aromatic carbocycles. The number of hydrogen-bond donors (Lipinski definition) is 1. The van der Waals surface area contributed by atoms with Crippen LogP contribution in [0, 0.1) is 5.82 Å². The molecule has 0 spiro atoms. The van der Waals surface area contributed by atoms with Gasteiger partial charge in [0.2, 0.25) is 0 Å². The molecule has 0 radical (unpaired) electrons. The third-order valence-corrected chi connectivity index (χ3v) is 4.19. The standard InChI is InChI=1S/C16H9F4N3OS/c17-12-7-9(8-23-14(12)24)13-15(22-6-5-21-13)25-11-3-1-10(2-4-11)16(18,19)20/h1-8H,(H,23,24). The highest BCUT2D eigenvalue weighted by Gasteiger charge is 2.30. The lowest BCUT2D eigenvalue weighted by Crippen LogP contribution is -2.09. The number of H-pyrrole nitrogens is 1. The van der Waals surface area contributed by atoms with Crippen molar-refractivity contribution in [1.82, 2.24) is 15.0 Å². The van der Waals surface area contributed by atoms with Crippen LogP contribution < -0.4 is 5.56 Å². The molecule has 0 bridgehead atoms. The summed E-state index contributed by atoms with van der Waals surface area (Å²) in [5.41, 5.74) is -0.995. The SMILES string of the molecule is O=c1[nH]cc(-c2nccnc2Sc2ccc(C(F)(F)F)cc2)cc1F. The number of nitrogens with zero attached hydrogens (tertiary/aromatic N) is 2. The van der Waals surface area contributed by atoms with Gasteiger partial charge in [0.05, 0.1) is 5.56 Å². The van der Waals surface area contributed by atoms with E-state index < -0.39 is 23.1 Å². The Kier molecular flexibility index (Phi) is 4.58. The summed E-state index contributed by atoms with van der Waals surface area (Å²) in [6.07, 6.45) is -0.298. The second-order valence-electron chi connectivity index (χ2n) is 4.90. The predicted molar refractivity (Wildman–Crippen MR) is 83.6 cm³/mol. The van der Waals surface area contributed by atoms with E-state index in [0.717, 1.165) is 30.0 Å². The third kappa shape index (κ3) is 3.87. The molecule has 128 valence electrons. The molecular formula is C16H9F4N3OS. The van der Waals surface area contributed by atoms with Crippen molar-refractivity contribution in [3.8, 4) is 11.3 Å². The predicted octanol–water partition coefficient (Wildman–Crippen LogP) is 4.14. The van der Waals surface area contributed by atoms with Crippen LogP contribution in [-0.4, -0.2) is 15.0 Å². The molecule has 1 N–H and O–H groups in total. The molecule has 0 fully saturated rings. The fourth-order valence-corrected chi connectivity index (χ4v) is 2.89. The summed E-state index contributed by atoms with van der Waals surface area (Å²) in [5, 5.41) is 0.369. The van der Waals surface area contributed by atoms with Gasteiger partial charge in [0.15, 0.2) is 5.82 Å². The lowest BCUT2D eigenvalue weighted by atomic mass is 10.2. The topological polar surface area (TPSA) is 58.6 Å². The highest BCUT2D eigenvalue weighted by molar-refractivity contribution is 7.99. The van der Waals surface area contributed by atoms with Crippen LogP contribution in [0.2, 0.25) is 0 Å². The van der Waals surface area contributed by atoms with Gasteiger partial charge >= 0.3 is 6.18 Å². The zero-order valence-electron chi connectivity index (χ0n) is 12.3. The number of halogens is 4. The van der Waals surface area contributed by atoms with E-state index in [1.54, 1.807) is 0 Å². The summed E-state index contributed by atoms with van der Waals surface area (Å²) in [4.78, 5) is 22.1. The zero-order valence-corrected chi connectivity index (χ0v) is 13.2. The number of aromatic nitrogens is 3. The molecule has 0 unspecified atom stereocenters. The highest BCUT2D eigenvalue weighted by Crippen LogP contribution is 2.35. The van der Waals surface area contributed by atoms with Crippen molar-refractivity contribution < 1.29 is 17.6 Å². The van der Waals surface area contributed by atoms with Gasteiger partial charge in [0.25, 0.3) is 5.56 Å². The summed E-state index contributed by atoms with van der Waals surface area (Å²) in [6, 6.07) is 5.61. The van der Waals surface area contributed by atoms with E-state index in [0.29, 0.717) is 21.2 Å². The molecule has 0 atom stereocenters. The Hall–Kier alpha value is -2.68. The summed E-state index contributed by atoms with van der Waals surface area (Å²) in [5.74, 6) is -0.964. The van der Waals surface area contributed by atoms with Crippen molar-refractivity contribution >= 4 is 11.8 Å². The Morgan fingerprint density at radius 2 is 1.72 bits per heavy atom. The van der Waals surface area contributed by atoms with Crippen molar-refractivity contribution in [2.45, 2.75) is 16.1 Å². The zero-order chi connectivity index (χ0) is 18.0. The molecule has 0 aliphatic rings. The molecule has 0 saturated carbocycles. The molecule has 3 rings (SSSR count). The normalized spacial score (nSPS) is 11.5. The Morgan fingerprint density at radius 3 is 2.36 bits per heavy atom. The molecular weight excluding hydrogens is 358 g/mol. The quantitative estimate of drug-likeness (QED) is 0.707. The average molecular weight is 367 g/mol. The van der Waals surface area contributed by atoms with E-state index in [9.17, 15) is 22.4 Å². The molecule has 3 aromatic rings. The van der Waals surface area contributed by atoms with Crippen LogP contribution in [0.3, 0.4) is 0 Å². The second kappa shape index (κ2) is 6.67. The van der Waals surface area contributed by atoms with Gasteiger partial charge in [-0.3, -0.25) is 9.78 Å². The minimum Gasteiger partial charge on any atom is -0.326 e. The monoisotopic (exact) mass is 367 g/mol. The molecule has 9 heteroatoms. The first-order chi connectivity index (χ1) is 11.8. The maximum Gasteiger partial charge on any atom is 0.416 e. The molecule has 25 heavy (non-hydrogen) atoms. The van der Waals surface area contributed by atoms with Gasteiger partial charge in [-0.25, -0.2) is 9.37 Å². The van der Waals surface area contributed by atoms with Crippen LogP contribution in [0.5, 0.6) is 0 Å². The van der Waals surface area contributed by atoms with E-state index in [2.05, 4.69) is 15.0 Å². The number of alkyl halides is 3. The number of nitrogens with one attached hydrogen (secondary N) is 1. The maximum atomic E-state index is 13.5. The van der Waals surface area contributed by atoms with Gasteiger partial charge in [-0.2, -0.15) is 13.2 Å². The van der Waals surface area contributed by atoms with E-state index in [1.165, 1.54) is 30.7 Å².